The molecule has 1 saturated carbocycles. The van der Waals surface area contributed by atoms with Crippen LogP contribution in [0.5, 0.6) is 0 Å². The van der Waals surface area contributed by atoms with Crippen molar-refractivity contribution >= 4 is 17.7 Å². The van der Waals surface area contributed by atoms with Gasteiger partial charge in [-0.1, -0.05) is 55.3 Å². The zero-order chi connectivity index (χ0) is 16.8. The summed E-state index contributed by atoms with van der Waals surface area (Å²) in [5.41, 5.74) is 2.15. The molecule has 0 N–H and O–H groups in total. The first kappa shape index (κ1) is 17.1. The summed E-state index contributed by atoms with van der Waals surface area (Å²) in [7, 11) is 0. The Morgan fingerprint density at radius 1 is 1.04 bits per heavy atom. The molecule has 1 aliphatic rings. The molecule has 3 heteroatoms. The van der Waals surface area contributed by atoms with E-state index in [0.29, 0.717) is 6.04 Å². The van der Waals surface area contributed by atoms with E-state index in [1.54, 1.807) is 11.8 Å². The van der Waals surface area contributed by atoms with Gasteiger partial charge in [0.1, 0.15) is 0 Å². The Kier molecular flexibility index (Phi) is 5.97. The molecule has 0 radical (unpaired) electrons. The quantitative estimate of drug-likeness (QED) is 0.688. The van der Waals surface area contributed by atoms with E-state index >= 15 is 0 Å². The second-order valence-corrected chi connectivity index (χ2v) is 7.22. The second-order valence-electron chi connectivity index (χ2n) is 6.37. The highest BCUT2D eigenvalue weighted by molar-refractivity contribution is 7.98. The summed E-state index contributed by atoms with van der Waals surface area (Å²) in [5.74, 6) is 0.197. The van der Waals surface area contributed by atoms with Gasteiger partial charge < -0.3 is 4.90 Å². The van der Waals surface area contributed by atoms with Crippen molar-refractivity contribution in [1.29, 1.82) is 0 Å². The summed E-state index contributed by atoms with van der Waals surface area (Å²) in [6.07, 6.45) is 7.72. The third-order valence-electron chi connectivity index (χ3n) is 4.85. The fourth-order valence-electron chi connectivity index (χ4n) is 3.54. The predicted molar refractivity (Wildman–Crippen MR) is 102 cm³/mol. The maximum Gasteiger partial charge on any atom is 0.255 e. The van der Waals surface area contributed by atoms with Crippen LogP contribution in [0.25, 0.3) is 0 Å². The van der Waals surface area contributed by atoms with Crippen molar-refractivity contribution in [3.63, 3.8) is 0 Å². The molecule has 3 rings (SSSR count). The number of amides is 1. The lowest BCUT2D eigenvalue weighted by atomic mass is 10.1. The van der Waals surface area contributed by atoms with Crippen molar-refractivity contribution in [3.05, 3.63) is 65.7 Å². The molecular weight excluding hydrogens is 314 g/mol. The lowest BCUT2D eigenvalue weighted by Gasteiger charge is -2.30. The first-order valence-electron chi connectivity index (χ1n) is 8.77. The van der Waals surface area contributed by atoms with E-state index in [0.717, 1.165) is 36.3 Å². The minimum absolute atomic E-state index is 0.197. The number of nitrogens with zero attached hydrogens (tertiary/aromatic N) is 1. The Bertz CT molecular complexity index is 665. The molecule has 0 heterocycles. The minimum atomic E-state index is 0.197. The average molecular weight is 340 g/mol. The number of benzene rings is 2. The molecule has 0 aromatic heterocycles. The zero-order valence-corrected chi connectivity index (χ0v) is 15.1. The van der Waals surface area contributed by atoms with Gasteiger partial charge in [0.25, 0.3) is 5.91 Å². The van der Waals surface area contributed by atoms with Crippen molar-refractivity contribution < 1.29 is 4.79 Å². The number of carbonyl (C=O) groups is 1. The molecular formula is C21H25NOS. The van der Waals surface area contributed by atoms with Crippen LogP contribution in [0.1, 0.15) is 41.6 Å². The van der Waals surface area contributed by atoms with Crippen LogP contribution in [0, 0.1) is 0 Å². The molecule has 2 aromatic carbocycles. The molecule has 2 aromatic rings. The fraction of sp³-hybridized carbons (Fsp3) is 0.381. The SMILES string of the molecule is CSc1ccccc1C(=O)N(CCc1ccccc1)C1CCCC1. The summed E-state index contributed by atoms with van der Waals surface area (Å²) in [4.78, 5) is 16.5. The Morgan fingerprint density at radius 2 is 1.71 bits per heavy atom. The molecule has 0 saturated heterocycles. The molecule has 126 valence electrons. The van der Waals surface area contributed by atoms with Gasteiger partial charge >= 0.3 is 0 Å². The molecule has 1 aliphatic carbocycles. The van der Waals surface area contributed by atoms with Gasteiger partial charge in [0.15, 0.2) is 0 Å². The lowest BCUT2D eigenvalue weighted by molar-refractivity contribution is 0.0680. The van der Waals surface area contributed by atoms with Crippen LogP contribution in [-0.4, -0.2) is 29.6 Å². The number of carbonyl (C=O) groups excluding carboxylic acids is 1. The summed E-state index contributed by atoms with van der Waals surface area (Å²) < 4.78 is 0. The van der Waals surface area contributed by atoms with E-state index in [-0.39, 0.29) is 5.91 Å². The maximum absolute atomic E-state index is 13.2. The monoisotopic (exact) mass is 339 g/mol. The minimum Gasteiger partial charge on any atom is -0.335 e. The van der Waals surface area contributed by atoms with Gasteiger partial charge in [-0.15, -0.1) is 11.8 Å². The molecule has 1 amide bonds. The first-order valence-corrected chi connectivity index (χ1v) is 10.00. The molecule has 1 fully saturated rings. The van der Waals surface area contributed by atoms with Crippen LogP contribution in [-0.2, 0) is 6.42 Å². The third kappa shape index (κ3) is 4.02. The molecule has 0 aliphatic heterocycles. The third-order valence-corrected chi connectivity index (χ3v) is 5.64. The van der Waals surface area contributed by atoms with Crippen molar-refractivity contribution in [1.82, 2.24) is 4.90 Å². The van der Waals surface area contributed by atoms with Crippen molar-refractivity contribution in [2.45, 2.75) is 43.0 Å². The Hall–Kier alpha value is -1.74. The molecule has 2 nitrogen and oxygen atoms in total. The normalized spacial score (nSPS) is 14.7. The topological polar surface area (TPSA) is 20.3 Å². The number of rotatable bonds is 6. The van der Waals surface area contributed by atoms with Crippen LogP contribution < -0.4 is 0 Å². The van der Waals surface area contributed by atoms with Gasteiger partial charge in [-0.2, -0.15) is 0 Å². The maximum atomic E-state index is 13.2. The van der Waals surface area contributed by atoms with Crippen molar-refractivity contribution in [2.24, 2.45) is 0 Å². The van der Waals surface area contributed by atoms with Gasteiger partial charge in [0, 0.05) is 17.5 Å². The summed E-state index contributed by atoms with van der Waals surface area (Å²) in [6.45, 7) is 0.802. The van der Waals surface area contributed by atoms with Gasteiger partial charge in [-0.3, -0.25) is 4.79 Å². The molecule has 24 heavy (non-hydrogen) atoms. The highest BCUT2D eigenvalue weighted by atomic mass is 32.2. The van der Waals surface area contributed by atoms with Crippen LogP contribution in [0.4, 0.5) is 0 Å². The molecule has 0 unspecified atom stereocenters. The van der Waals surface area contributed by atoms with E-state index in [1.165, 1.54) is 18.4 Å². The smallest absolute Gasteiger partial charge is 0.255 e. The zero-order valence-electron chi connectivity index (χ0n) is 14.3. The highest BCUT2D eigenvalue weighted by Crippen LogP contribution is 2.28. The Balaban J connectivity index is 1.80. The van der Waals surface area contributed by atoms with Crippen molar-refractivity contribution in [3.8, 4) is 0 Å². The second kappa shape index (κ2) is 8.39. The van der Waals surface area contributed by atoms with E-state index in [1.807, 2.05) is 36.6 Å². The lowest BCUT2D eigenvalue weighted by Crippen LogP contribution is -2.40. The molecule has 0 bridgehead atoms. The standard InChI is InChI=1S/C21H25NOS/c1-24-20-14-8-7-13-19(20)21(23)22(18-11-5-6-12-18)16-15-17-9-3-2-4-10-17/h2-4,7-10,13-14,18H,5-6,11-12,15-16H2,1H3. The van der Waals surface area contributed by atoms with Gasteiger partial charge in [-0.05, 0) is 43.2 Å². The molecule has 0 atom stereocenters. The van der Waals surface area contributed by atoms with Crippen LogP contribution in [0.3, 0.4) is 0 Å². The summed E-state index contributed by atoms with van der Waals surface area (Å²) >= 11 is 1.65. The van der Waals surface area contributed by atoms with E-state index in [4.69, 9.17) is 0 Å². The Morgan fingerprint density at radius 3 is 2.42 bits per heavy atom. The van der Waals surface area contributed by atoms with Gasteiger partial charge in [0.05, 0.1) is 5.56 Å². The highest BCUT2D eigenvalue weighted by Gasteiger charge is 2.28. The first-order chi connectivity index (χ1) is 11.8. The largest absolute Gasteiger partial charge is 0.335 e. The predicted octanol–water partition coefficient (Wildman–Crippen LogP) is 5.04. The number of hydrogen-bond donors (Lipinski definition) is 0. The van der Waals surface area contributed by atoms with Crippen LogP contribution in [0.2, 0.25) is 0 Å². The average Bonchev–Trinajstić information content (AvgIpc) is 3.17. The van der Waals surface area contributed by atoms with Crippen LogP contribution in [0.15, 0.2) is 59.5 Å². The number of thioether (sulfide) groups is 1. The molecule has 0 spiro atoms. The van der Waals surface area contributed by atoms with E-state index < -0.39 is 0 Å². The summed E-state index contributed by atoms with van der Waals surface area (Å²) in [5, 5.41) is 0. The van der Waals surface area contributed by atoms with Gasteiger partial charge in [-0.25, -0.2) is 0 Å². The van der Waals surface area contributed by atoms with E-state index in [2.05, 4.69) is 29.2 Å². The Labute approximate surface area is 149 Å². The summed E-state index contributed by atoms with van der Waals surface area (Å²) in [6, 6.07) is 18.9. The van der Waals surface area contributed by atoms with E-state index in [9.17, 15) is 4.79 Å². The fourth-order valence-corrected chi connectivity index (χ4v) is 4.13. The van der Waals surface area contributed by atoms with Crippen molar-refractivity contribution in [2.75, 3.05) is 12.8 Å². The van der Waals surface area contributed by atoms with Gasteiger partial charge in [0.2, 0.25) is 0 Å². The van der Waals surface area contributed by atoms with Crippen LogP contribution >= 0.6 is 11.8 Å². The number of hydrogen-bond acceptors (Lipinski definition) is 2.